The summed E-state index contributed by atoms with van der Waals surface area (Å²) >= 11 is 0. The van der Waals surface area contributed by atoms with Crippen molar-refractivity contribution in [3.05, 3.63) is 35.4 Å². The van der Waals surface area contributed by atoms with Crippen molar-refractivity contribution in [1.82, 2.24) is 0 Å². The molecule has 0 aliphatic rings. The van der Waals surface area contributed by atoms with Gasteiger partial charge in [-0.05, 0) is 12.0 Å². The lowest BCUT2D eigenvalue weighted by Crippen LogP contribution is -2.10. The quantitative estimate of drug-likeness (QED) is 0.664. The number of carbonyl (C=O) groups is 1. The smallest absolute Gasteiger partial charge is 0.165 e. The van der Waals surface area contributed by atoms with E-state index in [1.807, 2.05) is 32.0 Å². The Hall–Kier alpha value is -1.11. The fourth-order valence-corrected chi connectivity index (χ4v) is 1.56. The van der Waals surface area contributed by atoms with Crippen molar-refractivity contribution in [2.45, 2.75) is 33.6 Å². The molecular formula is C13H18O. The van der Waals surface area contributed by atoms with Gasteiger partial charge in [-0.3, -0.25) is 4.79 Å². The third kappa shape index (κ3) is 2.44. The molecule has 0 bridgehead atoms. The lowest BCUT2D eigenvalue weighted by Gasteiger charge is -2.09. The molecule has 0 N–H and O–H groups in total. The maximum absolute atomic E-state index is 11.8. The summed E-state index contributed by atoms with van der Waals surface area (Å²) in [4.78, 5) is 11.8. The van der Waals surface area contributed by atoms with E-state index in [9.17, 15) is 4.79 Å². The van der Waals surface area contributed by atoms with Gasteiger partial charge in [0, 0.05) is 11.5 Å². The summed E-state index contributed by atoms with van der Waals surface area (Å²) in [5.74, 6) is 0.349. The first-order chi connectivity index (χ1) is 6.66. The summed E-state index contributed by atoms with van der Waals surface area (Å²) in [5.41, 5.74) is 2.10. The van der Waals surface area contributed by atoms with Crippen LogP contribution in [0, 0.1) is 5.92 Å². The second-order valence-corrected chi connectivity index (χ2v) is 3.93. The van der Waals surface area contributed by atoms with Crippen LogP contribution >= 0.6 is 0 Å². The first kappa shape index (κ1) is 11.0. The zero-order valence-corrected chi connectivity index (χ0v) is 9.21. The second-order valence-electron chi connectivity index (χ2n) is 3.93. The Morgan fingerprint density at radius 2 is 1.93 bits per heavy atom. The molecule has 1 nitrogen and oxygen atoms in total. The molecule has 1 heteroatoms. The Labute approximate surface area is 86.1 Å². The average Bonchev–Trinajstić information content (AvgIpc) is 2.18. The molecule has 0 atom stereocenters. The van der Waals surface area contributed by atoms with Gasteiger partial charge in [-0.25, -0.2) is 0 Å². The zero-order chi connectivity index (χ0) is 10.6. The maximum Gasteiger partial charge on any atom is 0.165 e. The van der Waals surface area contributed by atoms with Gasteiger partial charge >= 0.3 is 0 Å². The molecule has 0 saturated heterocycles. The van der Waals surface area contributed by atoms with Crippen molar-refractivity contribution in [1.29, 1.82) is 0 Å². The Balaban J connectivity index is 3.00. The molecule has 0 amide bonds. The minimum absolute atomic E-state index is 0.0907. The highest BCUT2D eigenvalue weighted by molar-refractivity contribution is 5.98. The van der Waals surface area contributed by atoms with Gasteiger partial charge in [0.05, 0.1) is 0 Å². The van der Waals surface area contributed by atoms with Crippen LogP contribution in [-0.2, 0) is 6.42 Å². The molecule has 1 rings (SSSR count). The van der Waals surface area contributed by atoms with E-state index >= 15 is 0 Å². The second kappa shape index (κ2) is 4.94. The molecular weight excluding hydrogens is 172 g/mol. The number of benzene rings is 1. The molecule has 0 radical (unpaired) electrons. The molecule has 1 aromatic carbocycles. The van der Waals surface area contributed by atoms with Crippen LogP contribution in [0.1, 0.15) is 43.1 Å². The largest absolute Gasteiger partial charge is 0.294 e. The minimum Gasteiger partial charge on any atom is -0.294 e. The van der Waals surface area contributed by atoms with Crippen LogP contribution in [0.15, 0.2) is 24.3 Å². The van der Waals surface area contributed by atoms with Gasteiger partial charge in [-0.2, -0.15) is 0 Å². The summed E-state index contributed by atoms with van der Waals surface area (Å²) in [6, 6.07) is 7.93. The van der Waals surface area contributed by atoms with E-state index in [0.717, 1.165) is 18.4 Å². The molecule has 0 aliphatic carbocycles. The summed E-state index contributed by atoms with van der Waals surface area (Å²) < 4.78 is 0. The molecule has 0 fully saturated rings. The fourth-order valence-electron chi connectivity index (χ4n) is 1.56. The molecule has 0 aromatic heterocycles. The molecule has 0 heterocycles. The summed E-state index contributed by atoms with van der Waals surface area (Å²) in [7, 11) is 0. The fraction of sp³-hybridized carbons (Fsp3) is 0.462. The third-order valence-corrected chi connectivity index (χ3v) is 2.33. The van der Waals surface area contributed by atoms with Crippen molar-refractivity contribution in [2.24, 2.45) is 5.92 Å². The number of Topliss-reactive ketones (excluding diaryl/α,β-unsaturated/α-hetero) is 1. The highest BCUT2D eigenvalue weighted by Gasteiger charge is 2.13. The van der Waals surface area contributed by atoms with Crippen LogP contribution in [-0.4, -0.2) is 5.78 Å². The normalized spacial score (nSPS) is 10.6. The van der Waals surface area contributed by atoms with E-state index in [1.54, 1.807) is 0 Å². The van der Waals surface area contributed by atoms with E-state index in [-0.39, 0.29) is 11.7 Å². The Morgan fingerprint density at radius 3 is 2.50 bits per heavy atom. The van der Waals surface area contributed by atoms with E-state index in [1.165, 1.54) is 5.56 Å². The topological polar surface area (TPSA) is 17.1 Å². The van der Waals surface area contributed by atoms with Gasteiger partial charge in [-0.1, -0.05) is 51.5 Å². The van der Waals surface area contributed by atoms with E-state index in [4.69, 9.17) is 0 Å². The van der Waals surface area contributed by atoms with Crippen molar-refractivity contribution in [3.63, 3.8) is 0 Å². The maximum atomic E-state index is 11.8. The van der Waals surface area contributed by atoms with Crippen molar-refractivity contribution in [3.8, 4) is 0 Å². The summed E-state index contributed by atoms with van der Waals surface area (Å²) in [6.45, 7) is 6.03. The van der Waals surface area contributed by atoms with E-state index in [0.29, 0.717) is 0 Å². The zero-order valence-electron chi connectivity index (χ0n) is 9.21. The van der Waals surface area contributed by atoms with E-state index < -0.39 is 0 Å². The molecule has 0 saturated carbocycles. The lowest BCUT2D eigenvalue weighted by molar-refractivity contribution is 0.0938. The number of hydrogen-bond donors (Lipinski definition) is 0. The number of ketones is 1. The van der Waals surface area contributed by atoms with Crippen LogP contribution in [0.4, 0.5) is 0 Å². The van der Waals surface area contributed by atoms with Crippen molar-refractivity contribution in [2.75, 3.05) is 0 Å². The lowest BCUT2D eigenvalue weighted by atomic mass is 9.94. The molecule has 0 aliphatic heterocycles. The number of rotatable bonds is 4. The van der Waals surface area contributed by atoms with Crippen molar-refractivity contribution >= 4 is 5.78 Å². The molecule has 0 unspecified atom stereocenters. The predicted octanol–water partition coefficient (Wildman–Crippen LogP) is 3.48. The monoisotopic (exact) mass is 190 g/mol. The Morgan fingerprint density at radius 1 is 1.29 bits per heavy atom. The molecule has 76 valence electrons. The highest BCUT2D eigenvalue weighted by Crippen LogP contribution is 2.15. The number of carbonyl (C=O) groups excluding carboxylic acids is 1. The molecule has 1 aromatic rings. The van der Waals surface area contributed by atoms with Gasteiger partial charge in [0.1, 0.15) is 0 Å². The average molecular weight is 190 g/mol. The highest BCUT2D eigenvalue weighted by atomic mass is 16.1. The number of aryl methyl sites for hydroxylation is 1. The first-order valence-electron chi connectivity index (χ1n) is 5.29. The van der Waals surface area contributed by atoms with Crippen molar-refractivity contribution < 1.29 is 4.79 Å². The standard InChI is InChI=1S/C13H18O/c1-4-7-11-8-5-6-9-12(11)13(14)10(2)3/h5-6,8-10H,4,7H2,1-3H3. The number of hydrogen-bond acceptors (Lipinski definition) is 1. The summed E-state index contributed by atoms with van der Waals surface area (Å²) in [6.07, 6.45) is 2.08. The van der Waals surface area contributed by atoms with Crippen LogP contribution in [0.3, 0.4) is 0 Å². The van der Waals surface area contributed by atoms with E-state index in [2.05, 4.69) is 13.0 Å². The van der Waals surface area contributed by atoms with Gasteiger partial charge < -0.3 is 0 Å². The van der Waals surface area contributed by atoms with Gasteiger partial charge in [0.15, 0.2) is 5.78 Å². The van der Waals surface area contributed by atoms with Gasteiger partial charge in [0.25, 0.3) is 0 Å². The Kier molecular flexibility index (Phi) is 3.87. The van der Waals surface area contributed by atoms with Crippen LogP contribution in [0.25, 0.3) is 0 Å². The van der Waals surface area contributed by atoms with Crippen LogP contribution < -0.4 is 0 Å². The molecule has 0 spiro atoms. The molecule has 14 heavy (non-hydrogen) atoms. The first-order valence-corrected chi connectivity index (χ1v) is 5.29. The Bertz CT molecular complexity index is 313. The van der Waals surface area contributed by atoms with Gasteiger partial charge in [0.2, 0.25) is 0 Å². The van der Waals surface area contributed by atoms with Crippen LogP contribution in [0.5, 0.6) is 0 Å². The summed E-state index contributed by atoms with van der Waals surface area (Å²) in [5, 5.41) is 0. The minimum atomic E-state index is 0.0907. The third-order valence-electron chi connectivity index (χ3n) is 2.33. The predicted molar refractivity (Wildman–Crippen MR) is 59.6 cm³/mol. The van der Waals surface area contributed by atoms with Gasteiger partial charge in [-0.15, -0.1) is 0 Å². The SMILES string of the molecule is CCCc1ccccc1C(=O)C(C)C. The van der Waals surface area contributed by atoms with Crippen LogP contribution in [0.2, 0.25) is 0 Å².